The number of nitrogens with zero attached hydrogens (tertiary/aromatic N) is 2. The number of benzene rings is 1. The molecule has 1 fully saturated rings. The van der Waals surface area contributed by atoms with Gasteiger partial charge in [-0.15, -0.1) is 0 Å². The molecule has 1 amide bonds. The van der Waals surface area contributed by atoms with E-state index in [1.807, 2.05) is 6.07 Å². The summed E-state index contributed by atoms with van der Waals surface area (Å²) in [5.41, 5.74) is 1.11. The second-order valence-electron chi connectivity index (χ2n) is 4.62. The summed E-state index contributed by atoms with van der Waals surface area (Å²) in [6, 6.07) is 7.50. The Morgan fingerprint density at radius 3 is 3.00 bits per heavy atom. The minimum absolute atomic E-state index is 0.00810. The van der Waals surface area contributed by atoms with Crippen molar-refractivity contribution in [1.29, 1.82) is 5.26 Å². The molecule has 0 radical (unpaired) electrons. The number of carbonyl (C=O) groups is 2. The monoisotopic (exact) mass is 352 g/mol. The molecule has 0 bridgehead atoms. The van der Waals surface area contributed by atoms with Crippen LogP contribution in [0, 0.1) is 17.2 Å². The molecule has 20 heavy (non-hydrogen) atoms. The van der Waals surface area contributed by atoms with Crippen LogP contribution in [0.3, 0.4) is 0 Å². The molecule has 1 heterocycles. The van der Waals surface area contributed by atoms with E-state index in [0.29, 0.717) is 34.4 Å². The summed E-state index contributed by atoms with van der Waals surface area (Å²) in [6.07, 6.45) is 0.428. The first-order valence-electron chi connectivity index (χ1n) is 6.15. The first-order valence-corrected chi connectivity index (χ1v) is 7.93. The standard InChI is InChI=1S/C14H13BrN2O2S/c1-9(18)20-8-10-5-14(19)17(7-10)13-4-2-3-12(15)11(13)6-16/h2-4,10H,5,7-8H2,1H3. The highest BCUT2D eigenvalue weighted by Crippen LogP contribution is 2.32. The quantitative estimate of drug-likeness (QED) is 0.838. The summed E-state index contributed by atoms with van der Waals surface area (Å²) >= 11 is 4.58. The Morgan fingerprint density at radius 1 is 1.60 bits per heavy atom. The van der Waals surface area contributed by atoms with E-state index in [9.17, 15) is 14.9 Å². The van der Waals surface area contributed by atoms with Gasteiger partial charge in [-0.25, -0.2) is 0 Å². The van der Waals surface area contributed by atoms with Gasteiger partial charge < -0.3 is 4.90 Å². The Labute approximate surface area is 130 Å². The molecule has 0 saturated carbocycles. The van der Waals surface area contributed by atoms with Crippen LogP contribution >= 0.6 is 27.7 Å². The summed E-state index contributed by atoms with van der Waals surface area (Å²) in [5, 5.41) is 9.29. The van der Waals surface area contributed by atoms with Gasteiger partial charge in [0.05, 0.1) is 11.3 Å². The molecule has 1 atom stereocenters. The van der Waals surface area contributed by atoms with Crippen LogP contribution in [-0.2, 0) is 9.59 Å². The number of hydrogen-bond donors (Lipinski definition) is 0. The van der Waals surface area contributed by atoms with Crippen molar-refractivity contribution >= 4 is 44.4 Å². The van der Waals surface area contributed by atoms with Crippen LogP contribution in [-0.4, -0.2) is 23.3 Å². The first kappa shape index (κ1) is 15.1. The maximum atomic E-state index is 12.1. The lowest BCUT2D eigenvalue weighted by Gasteiger charge is -2.18. The molecule has 6 heteroatoms. The predicted molar refractivity (Wildman–Crippen MR) is 82.5 cm³/mol. The third-order valence-electron chi connectivity index (χ3n) is 3.12. The van der Waals surface area contributed by atoms with Gasteiger partial charge >= 0.3 is 0 Å². The van der Waals surface area contributed by atoms with Gasteiger partial charge in [0, 0.05) is 30.1 Å². The van der Waals surface area contributed by atoms with Crippen molar-refractivity contribution < 1.29 is 9.59 Å². The van der Waals surface area contributed by atoms with E-state index < -0.39 is 0 Å². The summed E-state index contributed by atoms with van der Waals surface area (Å²) in [7, 11) is 0. The minimum atomic E-state index is 0.00810. The molecule has 0 aliphatic carbocycles. The molecular formula is C14H13BrN2O2S. The Kier molecular flexibility index (Phi) is 4.84. The molecule has 1 aromatic rings. The number of amides is 1. The fourth-order valence-corrected chi connectivity index (χ4v) is 3.35. The van der Waals surface area contributed by atoms with Crippen molar-refractivity contribution in [3.05, 3.63) is 28.2 Å². The third-order valence-corrected chi connectivity index (χ3v) is 4.83. The summed E-state index contributed by atoms with van der Waals surface area (Å²) in [4.78, 5) is 24.8. The fraction of sp³-hybridized carbons (Fsp3) is 0.357. The largest absolute Gasteiger partial charge is 0.311 e. The second-order valence-corrected chi connectivity index (χ2v) is 6.67. The van der Waals surface area contributed by atoms with Crippen LogP contribution in [0.5, 0.6) is 0 Å². The average molecular weight is 353 g/mol. The van der Waals surface area contributed by atoms with Gasteiger partial charge in [-0.3, -0.25) is 9.59 Å². The van der Waals surface area contributed by atoms with Gasteiger partial charge in [-0.2, -0.15) is 5.26 Å². The van der Waals surface area contributed by atoms with Crippen LogP contribution in [0.1, 0.15) is 18.9 Å². The van der Waals surface area contributed by atoms with E-state index in [2.05, 4.69) is 22.0 Å². The van der Waals surface area contributed by atoms with Crippen molar-refractivity contribution in [2.45, 2.75) is 13.3 Å². The van der Waals surface area contributed by atoms with Crippen LogP contribution in [0.15, 0.2) is 22.7 Å². The third kappa shape index (κ3) is 3.22. The molecule has 0 aromatic heterocycles. The van der Waals surface area contributed by atoms with Crippen LogP contribution in [0.4, 0.5) is 5.69 Å². The number of halogens is 1. The van der Waals surface area contributed by atoms with Gasteiger partial charge in [-0.05, 0) is 34.0 Å². The van der Waals surface area contributed by atoms with Crippen molar-refractivity contribution in [3.63, 3.8) is 0 Å². The number of carbonyl (C=O) groups excluding carboxylic acids is 2. The van der Waals surface area contributed by atoms with Crippen molar-refractivity contribution in [2.75, 3.05) is 17.2 Å². The molecule has 1 unspecified atom stereocenters. The van der Waals surface area contributed by atoms with E-state index in [1.165, 1.54) is 18.7 Å². The second kappa shape index (κ2) is 6.42. The van der Waals surface area contributed by atoms with Gasteiger partial charge in [0.25, 0.3) is 0 Å². The smallest absolute Gasteiger partial charge is 0.227 e. The predicted octanol–water partition coefficient (Wildman–Crippen LogP) is 2.95. The zero-order chi connectivity index (χ0) is 14.7. The topological polar surface area (TPSA) is 61.2 Å². The summed E-state index contributed by atoms with van der Waals surface area (Å²) in [5.74, 6) is 0.809. The lowest BCUT2D eigenvalue weighted by atomic mass is 10.1. The molecular weight excluding hydrogens is 340 g/mol. The average Bonchev–Trinajstić information content (AvgIpc) is 2.77. The Hall–Kier alpha value is -1.32. The number of thioether (sulfide) groups is 1. The van der Waals surface area contributed by atoms with Crippen LogP contribution in [0.2, 0.25) is 0 Å². The van der Waals surface area contributed by atoms with Gasteiger partial charge in [0.1, 0.15) is 6.07 Å². The highest BCUT2D eigenvalue weighted by molar-refractivity contribution is 9.10. The van der Waals surface area contributed by atoms with Crippen LogP contribution < -0.4 is 4.90 Å². The number of hydrogen-bond acceptors (Lipinski definition) is 4. The van der Waals surface area contributed by atoms with Gasteiger partial charge in [0.2, 0.25) is 5.91 Å². The molecule has 1 aliphatic heterocycles. The van der Waals surface area contributed by atoms with Gasteiger partial charge in [0.15, 0.2) is 5.12 Å². The molecule has 4 nitrogen and oxygen atoms in total. The minimum Gasteiger partial charge on any atom is -0.311 e. The first-order chi connectivity index (χ1) is 9.52. The normalized spacial score (nSPS) is 18.1. The molecule has 1 aromatic carbocycles. The lowest BCUT2D eigenvalue weighted by Crippen LogP contribution is -2.25. The van der Waals surface area contributed by atoms with E-state index in [4.69, 9.17) is 0 Å². The van der Waals surface area contributed by atoms with E-state index >= 15 is 0 Å². The molecule has 1 saturated heterocycles. The molecule has 0 N–H and O–H groups in total. The van der Waals surface area contributed by atoms with Crippen molar-refractivity contribution in [1.82, 2.24) is 0 Å². The van der Waals surface area contributed by atoms with Crippen molar-refractivity contribution in [2.24, 2.45) is 5.92 Å². The number of nitriles is 1. The molecule has 104 valence electrons. The summed E-state index contributed by atoms with van der Waals surface area (Å²) in [6.45, 7) is 2.09. The summed E-state index contributed by atoms with van der Waals surface area (Å²) < 4.78 is 0.687. The number of anilines is 1. The molecule has 0 spiro atoms. The number of rotatable bonds is 3. The highest BCUT2D eigenvalue weighted by atomic mass is 79.9. The van der Waals surface area contributed by atoms with Crippen molar-refractivity contribution in [3.8, 4) is 6.07 Å². The zero-order valence-electron chi connectivity index (χ0n) is 10.9. The Bertz CT molecular complexity index is 597. The van der Waals surface area contributed by atoms with E-state index in [0.717, 1.165) is 0 Å². The van der Waals surface area contributed by atoms with E-state index in [-0.39, 0.29) is 16.9 Å². The highest BCUT2D eigenvalue weighted by Gasteiger charge is 2.32. The zero-order valence-corrected chi connectivity index (χ0v) is 13.3. The lowest BCUT2D eigenvalue weighted by molar-refractivity contribution is -0.117. The van der Waals surface area contributed by atoms with Crippen LogP contribution in [0.25, 0.3) is 0 Å². The fourth-order valence-electron chi connectivity index (χ4n) is 2.21. The maximum absolute atomic E-state index is 12.1. The SMILES string of the molecule is CC(=O)SCC1CC(=O)N(c2cccc(Br)c2C#N)C1. The maximum Gasteiger partial charge on any atom is 0.227 e. The Morgan fingerprint density at radius 2 is 2.35 bits per heavy atom. The Balaban J connectivity index is 2.18. The van der Waals surface area contributed by atoms with Gasteiger partial charge in [-0.1, -0.05) is 17.8 Å². The van der Waals surface area contributed by atoms with E-state index in [1.54, 1.807) is 17.0 Å². The molecule has 2 rings (SSSR count). The molecule has 1 aliphatic rings.